The van der Waals surface area contributed by atoms with Gasteiger partial charge >= 0.3 is 0 Å². The Bertz CT molecular complexity index is 718. The van der Waals surface area contributed by atoms with Gasteiger partial charge in [0.1, 0.15) is 5.82 Å². The van der Waals surface area contributed by atoms with Gasteiger partial charge in [-0.1, -0.05) is 19.8 Å². The van der Waals surface area contributed by atoms with Gasteiger partial charge in [-0.2, -0.15) is 5.10 Å². The number of rotatable bonds is 5. The summed E-state index contributed by atoms with van der Waals surface area (Å²) in [5.41, 5.74) is 1.18. The van der Waals surface area contributed by atoms with Crippen molar-refractivity contribution in [2.24, 2.45) is 0 Å². The Morgan fingerprint density at radius 3 is 2.62 bits per heavy atom. The maximum atomic E-state index is 13.1. The molecule has 0 saturated heterocycles. The molecule has 1 saturated carbocycles. The molecule has 1 fully saturated rings. The third-order valence-corrected chi connectivity index (χ3v) is 4.63. The molecule has 2 N–H and O–H groups in total. The van der Waals surface area contributed by atoms with Crippen molar-refractivity contribution in [3.05, 3.63) is 47.5 Å². The number of nitrogens with one attached hydrogen (secondary N) is 1. The van der Waals surface area contributed by atoms with E-state index in [0.717, 1.165) is 31.4 Å². The van der Waals surface area contributed by atoms with Crippen molar-refractivity contribution >= 4 is 5.91 Å². The number of hydrogen-bond acceptors (Lipinski definition) is 3. The van der Waals surface area contributed by atoms with E-state index in [0.29, 0.717) is 17.7 Å². The summed E-state index contributed by atoms with van der Waals surface area (Å²) in [6.45, 7) is 2.20. The van der Waals surface area contributed by atoms with Crippen LogP contribution in [0.1, 0.15) is 48.7 Å². The summed E-state index contributed by atoms with van der Waals surface area (Å²) in [7, 11) is 0. The highest BCUT2D eigenvalue weighted by Gasteiger charge is 2.31. The van der Waals surface area contributed by atoms with Crippen LogP contribution in [0.25, 0.3) is 5.69 Å². The minimum Gasteiger partial charge on any atom is -0.388 e. The van der Waals surface area contributed by atoms with E-state index in [2.05, 4.69) is 10.4 Å². The highest BCUT2D eigenvalue weighted by Crippen LogP contribution is 2.28. The fourth-order valence-electron chi connectivity index (χ4n) is 3.26. The van der Waals surface area contributed by atoms with E-state index in [1.54, 1.807) is 16.8 Å². The van der Waals surface area contributed by atoms with Crippen molar-refractivity contribution in [2.75, 3.05) is 6.54 Å². The average molecular weight is 331 g/mol. The number of amides is 1. The molecular formula is C18H22FN3O2. The second-order valence-electron chi connectivity index (χ2n) is 6.36. The molecule has 1 aromatic heterocycles. The zero-order valence-corrected chi connectivity index (χ0v) is 13.8. The van der Waals surface area contributed by atoms with Gasteiger partial charge in [-0.3, -0.25) is 4.79 Å². The fraction of sp³-hybridized carbons (Fsp3) is 0.444. The molecule has 0 atom stereocenters. The second-order valence-corrected chi connectivity index (χ2v) is 6.36. The first kappa shape index (κ1) is 16.6. The highest BCUT2D eigenvalue weighted by atomic mass is 19.1. The number of carbonyl (C=O) groups excluding carboxylic acids is 1. The summed E-state index contributed by atoms with van der Waals surface area (Å²) in [6, 6.07) is 5.99. The van der Waals surface area contributed by atoms with E-state index >= 15 is 0 Å². The molecule has 1 amide bonds. The molecule has 0 spiro atoms. The zero-order chi connectivity index (χ0) is 17.2. The average Bonchev–Trinajstić information content (AvgIpc) is 3.20. The van der Waals surface area contributed by atoms with Crippen LogP contribution in [0, 0.1) is 5.82 Å². The molecule has 24 heavy (non-hydrogen) atoms. The van der Waals surface area contributed by atoms with Crippen molar-refractivity contribution in [2.45, 2.75) is 44.6 Å². The van der Waals surface area contributed by atoms with E-state index < -0.39 is 5.60 Å². The lowest BCUT2D eigenvalue weighted by Crippen LogP contribution is -2.40. The number of hydrogen-bond donors (Lipinski definition) is 2. The molecule has 0 radical (unpaired) electrons. The van der Waals surface area contributed by atoms with E-state index in [1.807, 2.05) is 6.92 Å². The van der Waals surface area contributed by atoms with Crippen LogP contribution in [-0.2, 0) is 6.42 Å². The van der Waals surface area contributed by atoms with Crippen LogP contribution in [0.5, 0.6) is 0 Å². The molecule has 1 aliphatic carbocycles. The number of aliphatic hydroxyl groups is 1. The SMILES string of the molecule is CCc1c(C(=O)NCC2(O)CCCC2)cnn1-c1ccc(F)cc1. The van der Waals surface area contributed by atoms with Crippen LogP contribution in [-0.4, -0.2) is 32.9 Å². The van der Waals surface area contributed by atoms with Crippen molar-refractivity contribution in [3.63, 3.8) is 0 Å². The van der Waals surface area contributed by atoms with Crippen LogP contribution < -0.4 is 5.32 Å². The second kappa shape index (κ2) is 6.73. The monoisotopic (exact) mass is 331 g/mol. The quantitative estimate of drug-likeness (QED) is 0.885. The Morgan fingerprint density at radius 2 is 2.00 bits per heavy atom. The molecule has 5 nitrogen and oxygen atoms in total. The molecule has 0 unspecified atom stereocenters. The summed E-state index contributed by atoms with van der Waals surface area (Å²) < 4.78 is 14.7. The van der Waals surface area contributed by atoms with E-state index in [-0.39, 0.29) is 18.3 Å². The molecule has 2 aromatic rings. The van der Waals surface area contributed by atoms with E-state index in [9.17, 15) is 14.3 Å². The summed E-state index contributed by atoms with van der Waals surface area (Å²) in [6.07, 6.45) is 5.58. The van der Waals surface area contributed by atoms with Crippen molar-refractivity contribution in [1.82, 2.24) is 15.1 Å². The molecule has 128 valence electrons. The Morgan fingerprint density at radius 1 is 1.33 bits per heavy atom. The Hall–Kier alpha value is -2.21. The smallest absolute Gasteiger partial charge is 0.254 e. The fourth-order valence-corrected chi connectivity index (χ4v) is 3.26. The third-order valence-electron chi connectivity index (χ3n) is 4.63. The Labute approximate surface area is 140 Å². The standard InChI is InChI=1S/C18H22FN3O2/c1-2-16-15(17(23)20-12-18(24)9-3-4-10-18)11-21-22(16)14-7-5-13(19)6-8-14/h5-8,11,24H,2-4,9-10,12H2,1H3,(H,20,23). The van der Waals surface area contributed by atoms with Gasteiger partial charge < -0.3 is 10.4 Å². The number of halogens is 1. The number of carbonyl (C=O) groups is 1. The van der Waals surface area contributed by atoms with Gasteiger partial charge in [0, 0.05) is 6.54 Å². The normalized spacial score (nSPS) is 16.3. The highest BCUT2D eigenvalue weighted by molar-refractivity contribution is 5.95. The summed E-state index contributed by atoms with van der Waals surface area (Å²) in [4.78, 5) is 12.5. The lowest BCUT2D eigenvalue weighted by Gasteiger charge is -2.22. The minimum atomic E-state index is -0.783. The van der Waals surface area contributed by atoms with E-state index in [1.165, 1.54) is 18.3 Å². The first-order valence-corrected chi connectivity index (χ1v) is 8.36. The topological polar surface area (TPSA) is 67.2 Å². The van der Waals surface area contributed by atoms with Gasteiger partial charge in [-0.25, -0.2) is 9.07 Å². The largest absolute Gasteiger partial charge is 0.388 e. The summed E-state index contributed by atoms with van der Waals surface area (Å²) >= 11 is 0. The summed E-state index contributed by atoms with van der Waals surface area (Å²) in [5.74, 6) is -0.549. The molecular weight excluding hydrogens is 309 g/mol. The van der Waals surface area contributed by atoms with Gasteiger partial charge in [0.15, 0.2) is 0 Å². The number of aromatic nitrogens is 2. The minimum absolute atomic E-state index is 0.236. The maximum absolute atomic E-state index is 13.1. The van der Waals surface area contributed by atoms with Crippen molar-refractivity contribution < 1.29 is 14.3 Å². The summed E-state index contributed by atoms with van der Waals surface area (Å²) in [5, 5.41) is 17.5. The van der Waals surface area contributed by atoms with Gasteiger partial charge in [-0.05, 0) is 43.5 Å². The molecule has 0 aliphatic heterocycles. The van der Waals surface area contributed by atoms with Gasteiger partial charge in [0.05, 0.1) is 28.7 Å². The molecule has 0 bridgehead atoms. The number of nitrogens with zero attached hydrogens (tertiary/aromatic N) is 2. The Kier molecular flexibility index (Phi) is 4.66. The number of benzene rings is 1. The van der Waals surface area contributed by atoms with Crippen LogP contribution in [0.3, 0.4) is 0 Å². The maximum Gasteiger partial charge on any atom is 0.254 e. The van der Waals surface area contributed by atoms with E-state index in [4.69, 9.17) is 0 Å². The van der Waals surface area contributed by atoms with Crippen molar-refractivity contribution in [3.8, 4) is 5.69 Å². The first-order valence-electron chi connectivity index (χ1n) is 8.36. The Balaban J connectivity index is 1.78. The van der Waals surface area contributed by atoms with Crippen LogP contribution in [0.15, 0.2) is 30.5 Å². The zero-order valence-electron chi connectivity index (χ0n) is 13.8. The van der Waals surface area contributed by atoms with Gasteiger partial charge in [-0.15, -0.1) is 0 Å². The molecule has 1 aromatic carbocycles. The third kappa shape index (κ3) is 3.33. The molecule has 6 heteroatoms. The van der Waals surface area contributed by atoms with Crippen molar-refractivity contribution in [1.29, 1.82) is 0 Å². The van der Waals surface area contributed by atoms with Gasteiger partial charge in [0.2, 0.25) is 0 Å². The molecule has 1 heterocycles. The van der Waals surface area contributed by atoms with Crippen LogP contribution in [0.4, 0.5) is 4.39 Å². The van der Waals surface area contributed by atoms with Crippen LogP contribution in [0.2, 0.25) is 0 Å². The molecule has 3 rings (SSSR count). The molecule has 1 aliphatic rings. The lowest BCUT2D eigenvalue weighted by atomic mass is 10.0. The van der Waals surface area contributed by atoms with Gasteiger partial charge in [0.25, 0.3) is 5.91 Å². The lowest BCUT2D eigenvalue weighted by molar-refractivity contribution is 0.0449. The van der Waals surface area contributed by atoms with Crippen LogP contribution >= 0.6 is 0 Å². The first-order chi connectivity index (χ1) is 11.5. The predicted octanol–water partition coefficient (Wildman–Crippen LogP) is 2.61. The predicted molar refractivity (Wildman–Crippen MR) is 88.7 cm³/mol.